The van der Waals surface area contributed by atoms with Crippen LogP contribution in [0.3, 0.4) is 0 Å². The fourth-order valence-corrected chi connectivity index (χ4v) is 2.21. The zero-order valence-corrected chi connectivity index (χ0v) is 13.4. The minimum absolute atomic E-state index is 0.247. The summed E-state index contributed by atoms with van der Waals surface area (Å²) in [5, 5.41) is 2.61. The topological polar surface area (TPSA) is 64.6 Å². The molecule has 6 heteroatoms. The summed E-state index contributed by atoms with van der Waals surface area (Å²) in [4.78, 5) is 24.2. The lowest BCUT2D eigenvalue weighted by Gasteiger charge is -2.17. The van der Waals surface area contributed by atoms with Crippen LogP contribution in [-0.4, -0.2) is 32.1 Å². The number of carbonyl (C=O) groups excluding carboxylic acids is 2. The molecule has 0 aliphatic heterocycles. The Morgan fingerprint density at radius 2 is 1.83 bits per heavy atom. The van der Waals surface area contributed by atoms with E-state index in [-0.39, 0.29) is 12.0 Å². The third-order valence-corrected chi connectivity index (χ3v) is 3.47. The fourth-order valence-electron chi connectivity index (χ4n) is 2.21. The van der Waals surface area contributed by atoms with Crippen molar-refractivity contribution in [2.45, 2.75) is 12.5 Å². The van der Waals surface area contributed by atoms with Crippen molar-refractivity contribution in [1.29, 1.82) is 0 Å². The molecule has 2 aromatic rings. The number of esters is 1. The molecule has 2 rings (SSSR count). The first kappa shape index (κ1) is 17.5. The van der Waals surface area contributed by atoms with Crippen LogP contribution in [-0.2, 0) is 16.0 Å². The van der Waals surface area contributed by atoms with Crippen molar-refractivity contribution in [3.8, 4) is 5.75 Å². The summed E-state index contributed by atoms with van der Waals surface area (Å²) in [5.41, 5.74) is 1.07. The third-order valence-electron chi connectivity index (χ3n) is 3.47. The summed E-state index contributed by atoms with van der Waals surface area (Å²) < 4.78 is 22.8. The van der Waals surface area contributed by atoms with E-state index in [2.05, 4.69) is 5.32 Å². The highest BCUT2D eigenvalue weighted by Crippen LogP contribution is 2.15. The number of ether oxygens (including phenoxy) is 2. The summed E-state index contributed by atoms with van der Waals surface area (Å²) in [6, 6.07) is 11.4. The average Bonchev–Trinajstić information content (AvgIpc) is 2.61. The van der Waals surface area contributed by atoms with Gasteiger partial charge in [0, 0.05) is 12.0 Å². The van der Waals surface area contributed by atoms with Crippen molar-refractivity contribution in [2.24, 2.45) is 0 Å². The summed E-state index contributed by atoms with van der Waals surface area (Å²) >= 11 is 0. The normalized spacial score (nSPS) is 11.5. The lowest BCUT2D eigenvalue weighted by Crippen LogP contribution is -2.43. The minimum Gasteiger partial charge on any atom is -0.497 e. The zero-order valence-electron chi connectivity index (χ0n) is 13.4. The zero-order chi connectivity index (χ0) is 17.5. The molecule has 0 heterocycles. The first-order valence-corrected chi connectivity index (χ1v) is 7.30. The van der Waals surface area contributed by atoms with Gasteiger partial charge in [-0.05, 0) is 42.0 Å². The Morgan fingerprint density at radius 3 is 2.46 bits per heavy atom. The number of hydrogen-bond acceptors (Lipinski definition) is 4. The molecule has 1 atom stereocenters. The van der Waals surface area contributed by atoms with Crippen molar-refractivity contribution in [1.82, 2.24) is 5.32 Å². The van der Waals surface area contributed by atoms with Gasteiger partial charge in [0.2, 0.25) is 0 Å². The van der Waals surface area contributed by atoms with Gasteiger partial charge in [-0.15, -0.1) is 0 Å². The van der Waals surface area contributed by atoms with Crippen LogP contribution < -0.4 is 10.1 Å². The van der Waals surface area contributed by atoms with E-state index in [1.165, 1.54) is 31.4 Å². The molecular weight excluding hydrogens is 313 g/mol. The Morgan fingerprint density at radius 1 is 1.12 bits per heavy atom. The van der Waals surface area contributed by atoms with Crippen LogP contribution in [0.1, 0.15) is 15.9 Å². The molecule has 0 saturated heterocycles. The molecular formula is C18H18FNO4. The van der Waals surface area contributed by atoms with Crippen LogP contribution in [0.25, 0.3) is 0 Å². The number of nitrogens with one attached hydrogen (secondary N) is 1. The molecule has 0 saturated carbocycles. The maximum Gasteiger partial charge on any atom is 0.328 e. The van der Waals surface area contributed by atoms with Crippen molar-refractivity contribution >= 4 is 11.9 Å². The lowest BCUT2D eigenvalue weighted by atomic mass is 10.0. The molecule has 0 aliphatic rings. The van der Waals surface area contributed by atoms with Crippen molar-refractivity contribution in [3.05, 3.63) is 65.5 Å². The summed E-state index contributed by atoms with van der Waals surface area (Å²) in [6.07, 6.45) is 0.247. The Balaban J connectivity index is 2.14. The molecule has 2 aromatic carbocycles. The Bertz CT molecular complexity index is 715. The van der Waals surface area contributed by atoms with E-state index in [0.717, 1.165) is 5.56 Å². The molecule has 0 fully saturated rings. The number of hydrogen-bond donors (Lipinski definition) is 1. The van der Waals surface area contributed by atoms with E-state index < -0.39 is 23.7 Å². The molecule has 1 N–H and O–H groups in total. The summed E-state index contributed by atoms with van der Waals surface area (Å²) in [6.45, 7) is 0. The van der Waals surface area contributed by atoms with Gasteiger partial charge in [0.05, 0.1) is 14.2 Å². The van der Waals surface area contributed by atoms with Crippen LogP contribution in [0.15, 0.2) is 48.5 Å². The van der Waals surface area contributed by atoms with Crippen molar-refractivity contribution in [2.75, 3.05) is 14.2 Å². The summed E-state index contributed by atoms with van der Waals surface area (Å²) in [5.74, 6) is -0.824. The second kappa shape index (κ2) is 8.10. The van der Waals surface area contributed by atoms with Crippen LogP contribution in [0.5, 0.6) is 5.75 Å². The number of benzene rings is 2. The van der Waals surface area contributed by atoms with Crippen LogP contribution in [0.4, 0.5) is 4.39 Å². The number of rotatable bonds is 6. The van der Waals surface area contributed by atoms with Crippen molar-refractivity contribution in [3.63, 3.8) is 0 Å². The van der Waals surface area contributed by atoms with E-state index in [1.54, 1.807) is 25.3 Å². The maximum atomic E-state index is 12.9. The number of amides is 1. The molecule has 0 radical (unpaired) electrons. The molecule has 0 spiro atoms. The van der Waals surface area contributed by atoms with Gasteiger partial charge in [-0.1, -0.05) is 12.1 Å². The second-order valence-corrected chi connectivity index (χ2v) is 5.11. The summed E-state index contributed by atoms with van der Waals surface area (Å²) in [7, 11) is 2.80. The SMILES string of the molecule is COC(=O)[C@@H](Cc1cccc(OC)c1)NC(=O)c1ccc(F)cc1. The number of halogens is 1. The van der Waals surface area contributed by atoms with Gasteiger partial charge in [-0.2, -0.15) is 0 Å². The van der Waals surface area contributed by atoms with Crippen LogP contribution in [0.2, 0.25) is 0 Å². The second-order valence-electron chi connectivity index (χ2n) is 5.11. The van der Waals surface area contributed by atoms with Gasteiger partial charge < -0.3 is 14.8 Å². The molecule has 5 nitrogen and oxygen atoms in total. The quantitative estimate of drug-likeness (QED) is 0.825. The van der Waals surface area contributed by atoms with Gasteiger partial charge in [-0.25, -0.2) is 9.18 Å². The predicted octanol–water partition coefficient (Wildman–Crippen LogP) is 2.35. The van der Waals surface area contributed by atoms with E-state index in [4.69, 9.17) is 9.47 Å². The van der Waals surface area contributed by atoms with E-state index >= 15 is 0 Å². The fraction of sp³-hybridized carbons (Fsp3) is 0.222. The molecule has 126 valence electrons. The van der Waals surface area contributed by atoms with E-state index in [1.807, 2.05) is 6.07 Å². The maximum absolute atomic E-state index is 12.9. The van der Waals surface area contributed by atoms with Gasteiger partial charge in [0.15, 0.2) is 0 Å². The van der Waals surface area contributed by atoms with Gasteiger partial charge in [-0.3, -0.25) is 4.79 Å². The van der Waals surface area contributed by atoms with E-state index in [9.17, 15) is 14.0 Å². The van der Waals surface area contributed by atoms with Gasteiger partial charge in [0.1, 0.15) is 17.6 Å². The van der Waals surface area contributed by atoms with Crippen molar-refractivity contribution < 1.29 is 23.5 Å². The number of carbonyl (C=O) groups is 2. The van der Waals surface area contributed by atoms with Crippen LogP contribution in [0, 0.1) is 5.82 Å². The predicted molar refractivity (Wildman–Crippen MR) is 86.4 cm³/mol. The lowest BCUT2D eigenvalue weighted by molar-refractivity contribution is -0.142. The molecule has 0 unspecified atom stereocenters. The van der Waals surface area contributed by atoms with Gasteiger partial charge in [0.25, 0.3) is 5.91 Å². The highest BCUT2D eigenvalue weighted by atomic mass is 19.1. The molecule has 0 aromatic heterocycles. The average molecular weight is 331 g/mol. The molecule has 1 amide bonds. The standard InChI is InChI=1S/C18H18FNO4/c1-23-15-5-3-4-12(10-15)11-16(18(22)24-2)20-17(21)13-6-8-14(19)9-7-13/h3-10,16H,11H2,1-2H3,(H,20,21)/t16-/m1/s1. The number of methoxy groups -OCH3 is 2. The Labute approximate surface area is 139 Å². The third kappa shape index (κ3) is 4.55. The minimum atomic E-state index is -0.861. The smallest absolute Gasteiger partial charge is 0.328 e. The monoisotopic (exact) mass is 331 g/mol. The molecule has 24 heavy (non-hydrogen) atoms. The first-order valence-electron chi connectivity index (χ1n) is 7.30. The first-order chi connectivity index (χ1) is 11.5. The Hall–Kier alpha value is -2.89. The highest BCUT2D eigenvalue weighted by Gasteiger charge is 2.22. The molecule has 0 bridgehead atoms. The van der Waals surface area contributed by atoms with Gasteiger partial charge >= 0.3 is 5.97 Å². The highest BCUT2D eigenvalue weighted by molar-refractivity contribution is 5.96. The largest absolute Gasteiger partial charge is 0.497 e. The van der Waals surface area contributed by atoms with E-state index in [0.29, 0.717) is 5.75 Å². The van der Waals surface area contributed by atoms with Crippen LogP contribution >= 0.6 is 0 Å². The molecule has 0 aliphatic carbocycles. The Kier molecular flexibility index (Phi) is 5.89.